The van der Waals surface area contributed by atoms with Gasteiger partial charge in [-0.05, 0) is 25.8 Å². The van der Waals surface area contributed by atoms with Gasteiger partial charge in [0.2, 0.25) is 0 Å². The molecule has 2 rings (SSSR count). The monoisotopic (exact) mass is 251 g/mol. The van der Waals surface area contributed by atoms with Crippen LogP contribution >= 0.6 is 0 Å². The molecule has 1 saturated heterocycles. The van der Waals surface area contributed by atoms with Crippen molar-refractivity contribution in [3.63, 3.8) is 0 Å². The summed E-state index contributed by atoms with van der Waals surface area (Å²) in [5.74, 6) is 0. The zero-order valence-corrected chi connectivity index (χ0v) is 11.4. The van der Waals surface area contributed by atoms with E-state index in [1.165, 1.54) is 19.4 Å². The third kappa shape index (κ3) is 3.33. The third-order valence-corrected chi connectivity index (χ3v) is 4.09. The van der Waals surface area contributed by atoms with Crippen molar-refractivity contribution in [2.75, 3.05) is 26.2 Å². The fourth-order valence-corrected chi connectivity index (χ4v) is 3.12. The Kier molecular flexibility index (Phi) is 4.78. The van der Waals surface area contributed by atoms with Gasteiger partial charge in [0.05, 0.1) is 6.33 Å². The standard InChI is InChI=1S/C14H25N3O/c1-2-4-14(12-18)5-3-7-16(11-14)9-10-17-8-6-15-13-17/h6,8,13,18H,2-5,7,9-12H2,1H3/t14-/m1/s1. The van der Waals surface area contributed by atoms with E-state index in [4.69, 9.17) is 0 Å². The smallest absolute Gasteiger partial charge is 0.0946 e. The molecule has 0 amide bonds. The highest BCUT2D eigenvalue weighted by molar-refractivity contribution is 4.86. The summed E-state index contributed by atoms with van der Waals surface area (Å²) >= 11 is 0. The van der Waals surface area contributed by atoms with Crippen molar-refractivity contribution in [3.05, 3.63) is 18.7 Å². The largest absolute Gasteiger partial charge is 0.396 e. The highest BCUT2D eigenvalue weighted by Gasteiger charge is 2.33. The Morgan fingerprint density at radius 1 is 1.39 bits per heavy atom. The topological polar surface area (TPSA) is 41.3 Å². The minimum Gasteiger partial charge on any atom is -0.396 e. The summed E-state index contributed by atoms with van der Waals surface area (Å²) in [6.45, 7) is 6.81. The van der Waals surface area contributed by atoms with Gasteiger partial charge in [0.1, 0.15) is 0 Å². The van der Waals surface area contributed by atoms with E-state index in [1.807, 2.05) is 18.7 Å². The molecule has 1 fully saturated rings. The van der Waals surface area contributed by atoms with E-state index in [-0.39, 0.29) is 5.41 Å². The zero-order chi connectivity index (χ0) is 12.8. The molecule has 0 unspecified atom stereocenters. The molecule has 18 heavy (non-hydrogen) atoms. The first-order chi connectivity index (χ1) is 8.78. The predicted molar refractivity (Wildman–Crippen MR) is 72.3 cm³/mol. The molecule has 1 aliphatic heterocycles. The summed E-state index contributed by atoms with van der Waals surface area (Å²) in [5.41, 5.74) is 0.155. The van der Waals surface area contributed by atoms with E-state index in [2.05, 4.69) is 21.4 Å². The van der Waals surface area contributed by atoms with Crippen LogP contribution in [0.5, 0.6) is 0 Å². The Bertz CT molecular complexity index is 335. The molecule has 0 saturated carbocycles. The minimum absolute atomic E-state index is 0.155. The predicted octanol–water partition coefficient (Wildman–Crippen LogP) is 1.76. The van der Waals surface area contributed by atoms with Gasteiger partial charge in [-0.15, -0.1) is 0 Å². The third-order valence-electron chi connectivity index (χ3n) is 4.09. The fraction of sp³-hybridized carbons (Fsp3) is 0.786. The van der Waals surface area contributed by atoms with Gasteiger partial charge in [-0.25, -0.2) is 4.98 Å². The molecule has 4 heteroatoms. The molecular weight excluding hydrogens is 226 g/mol. The van der Waals surface area contributed by atoms with Crippen molar-refractivity contribution in [3.8, 4) is 0 Å². The van der Waals surface area contributed by atoms with E-state index in [0.29, 0.717) is 6.61 Å². The van der Waals surface area contributed by atoms with E-state index in [0.717, 1.165) is 32.5 Å². The zero-order valence-electron chi connectivity index (χ0n) is 11.4. The minimum atomic E-state index is 0.155. The van der Waals surface area contributed by atoms with Gasteiger partial charge < -0.3 is 14.6 Å². The van der Waals surface area contributed by atoms with Crippen LogP contribution in [0.15, 0.2) is 18.7 Å². The molecular formula is C14H25N3O. The van der Waals surface area contributed by atoms with Crippen molar-refractivity contribution in [1.82, 2.24) is 14.5 Å². The first kappa shape index (κ1) is 13.6. The molecule has 0 aromatic carbocycles. The fourth-order valence-electron chi connectivity index (χ4n) is 3.12. The second-order valence-electron chi connectivity index (χ2n) is 5.59. The van der Waals surface area contributed by atoms with Gasteiger partial charge in [0.15, 0.2) is 0 Å². The lowest BCUT2D eigenvalue weighted by Crippen LogP contribution is -2.46. The van der Waals surface area contributed by atoms with Crippen molar-refractivity contribution in [2.45, 2.75) is 39.2 Å². The Labute approximate surface area is 110 Å². The van der Waals surface area contributed by atoms with E-state index >= 15 is 0 Å². The quantitative estimate of drug-likeness (QED) is 0.837. The average molecular weight is 251 g/mol. The van der Waals surface area contributed by atoms with Crippen LogP contribution in [0.1, 0.15) is 32.6 Å². The van der Waals surface area contributed by atoms with Crippen molar-refractivity contribution in [2.24, 2.45) is 5.41 Å². The highest BCUT2D eigenvalue weighted by atomic mass is 16.3. The summed E-state index contributed by atoms with van der Waals surface area (Å²) in [4.78, 5) is 6.56. The molecule has 0 spiro atoms. The Morgan fingerprint density at radius 3 is 2.94 bits per heavy atom. The Hall–Kier alpha value is -0.870. The van der Waals surface area contributed by atoms with Gasteiger partial charge in [-0.1, -0.05) is 13.3 Å². The molecule has 0 bridgehead atoms. The molecule has 1 aliphatic rings. The maximum absolute atomic E-state index is 9.70. The van der Waals surface area contributed by atoms with Crippen LogP contribution in [0.3, 0.4) is 0 Å². The summed E-state index contributed by atoms with van der Waals surface area (Å²) in [7, 11) is 0. The van der Waals surface area contributed by atoms with Crippen LogP contribution in [0.2, 0.25) is 0 Å². The van der Waals surface area contributed by atoms with Gasteiger partial charge >= 0.3 is 0 Å². The van der Waals surface area contributed by atoms with E-state index in [1.54, 1.807) is 0 Å². The molecule has 1 N–H and O–H groups in total. The van der Waals surface area contributed by atoms with E-state index in [9.17, 15) is 5.11 Å². The van der Waals surface area contributed by atoms with Crippen LogP contribution in [-0.4, -0.2) is 45.8 Å². The summed E-state index contributed by atoms with van der Waals surface area (Å²) in [6, 6.07) is 0. The molecule has 1 aromatic heterocycles. The van der Waals surface area contributed by atoms with Crippen LogP contribution < -0.4 is 0 Å². The van der Waals surface area contributed by atoms with Gasteiger partial charge in [-0.2, -0.15) is 0 Å². The summed E-state index contributed by atoms with van der Waals surface area (Å²) in [5, 5.41) is 9.70. The number of hydrogen-bond acceptors (Lipinski definition) is 3. The number of hydrogen-bond donors (Lipinski definition) is 1. The number of piperidine rings is 1. The maximum Gasteiger partial charge on any atom is 0.0946 e. The number of aromatic nitrogens is 2. The van der Waals surface area contributed by atoms with Crippen molar-refractivity contribution >= 4 is 0 Å². The molecule has 0 aliphatic carbocycles. The van der Waals surface area contributed by atoms with Crippen LogP contribution in [0.4, 0.5) is 0 Å². The lowest BCUT2D eigenvalue weighted by molar-refractivity contribution is 0.0237. The number of nitrogens with zero attached hydrogens (tertiary/aromatic N) is 3. The average Bonchev–Trinajstić information content (AvgIpc) is 2.90. The van der Waals surface area contributed by atoms with Gasteiger partial charge in [-0.3, -0.25) is 0 Å². The number of aliphatic hydroxyl groups is 1. The van der Waals surface area contributed by atoms with Gasteiger partial charge in [0.25, 0.3) is 0 Å². The molecule has 0 radical (unpaired) electrons. The summed E-state index contributed by atoms with van der Waals surface area (Å²) < 4.78 is 2.12. The van der Waals surface area contributed by atoms with Crippen molar-refractivity contribution in [1.29, 1.82) is 0 Å². The van der Waals surface area contributed by atoms with Gasteiger partial charge in [0, 0.05) is 44.0 Å². The molecule has 1 atom stereocenters. The van der Waals surface area contributed by atoms with Crippen LogP contribution in [0, 0.1) is 5.41 Å². The normalized spacial score (nSPS) is 25.4. The first-order valence-electron chi connectivity index (χ1n) is 7.07. The molecule has 102 valence electrons. The second-order valence-corrected chi connectivity index (χ2v) is 5.59. The number of aliphatic hydroxyl groups excluding tert-OH is 1. The Morgan fingerprint density at radius 2 is 2.28 bits per heavy atom. The number of imidazole rings is 1. The Balaban J connectivity index is 1.85. The van der Waals surface area contributed by atoms with Crippen LogP contribution in [0.25, 0.3) is 0 Å². The van der Waals surface area contributed by atoms with E-state index < -0.39 is 0 Å². The highest BCUT2D eigenvalue weighted by Crippen LogP contribution is 2.33. The number of likely N-dealkylation sites (tertiary alicyclic amines) is 1. The van der Waals surface area contributed by atoms with Crippen LogP contribution in [-0.2, 0) is 6.54 Å². The second kappa shape index (κ2) is 6.34. The lowest BCUT2D eigenvalue weighted by Gasteiger charge is -2.42. The maximum atomic E-state index is 9.70. The first-order valence-corrected chi connectivity index (χ1v) is 7.07. The molecule has 1 aromatic rings. The molecule has 2 heterocycles. The molecule has 4 nitrogen and oxygen atoms in total. The van der Waals surface area contributed by atoms with Crippen molar-refractivity contribution < 1.29 is 5.11 Å². The number of rotatable bonds is 6. The summed E-state index contributed by atoms with van der Waals surface area (Å²) in [6.07, 6.45) is 10.4. The SMILES string of the molecule is CCC[C@@]1(CO)CCCN(CCn2ccnc2)C1. The lowest BCUT2D eigenvalue weighted by atomic mass is 9.77.